The highest BCUT2D eigenvalue weighted by Crippen LogP contribution is 2.20. The molecule has 1 amide bonds. The molecule has 1 unspecified atom stereocenters. The maximum Gasteiger partial charge on any atom is 0.265 e. The van der Waals surface area contributed by atoms with E-state index in [1.54, 1.807) is 18.7 Å². The van der Waals surface area contributed by atoms with E-state index in [9.17, 15) is 4.79 Å². The van der Waals surface area contributed by atoms with Crippen LogP contribution in [0.5, 0.6) is 5.75 Å². The molecule has 0 radical (unpaired) electrons. The van der Waals surface area contributed by atoms with Gasteiger partial charge in [0.05, 0.1) is 0 Å². The standard InChI is InChI=1S/C16H16BrNO2S/c1-11(20-14-8-6-12(17)7-9-14)16(19)18-13-4-3-5-15(10-13)21-2/h3-11H,1-2H3,(H,18,19). The molecule has 1 N–H and O–H groups in total. The molecule has 3 nitrogen and oxygen atoms in total. The predicted octanol–water partition coefficient (Wildman–Crippen LogP) is 4.58. The summed E-state index contributed by atoms with van der Waals surface area (Å²) < 4.78 is 6.59. The van der Waals surface area contributed by atoms with E-state index in [2.05, 4.69) is 21.2 Å². The first-order chi connectivity index (χ1) is 10.1. The van der Waals surface area contributed by atoms with Crippen molar-refractivity contribution in [1.82, 2.24) is 0 Å². The second kappa shape index (κ2) is 7.52. The molecule has 0 aliphatic heterocycles. The van der Waals surface area contributed by atoms with Crippen molar-refractivity contribution in [2.45, 2.75) is 17.9 Å². The van der Waals surface area contributed by atoms with Gasteiger partial charge in [0.25, 0.3) is 5.91 Å². The molecule has 0 saturated carbocycles. The van der Waals surface area contributed by atoms with Crippen LogP contribution in [0.3, 0.4) is 0 Å². The zero-order valence-electron chi connectivity index (χ0n) is 11.8. The third kappa shape index (κ3) is 4.79. The van der Waals surface area contributed by atoms with E-state index < -0.39 is 6.10 Å². The summed E-state index contributed by atoms with van der Waals surface area (Å²) in [5, 5.41) is 2.86. The van der Waals surface area contributed by atoms with Gasteiger partial charge >= 0.3 is 0 Å². The van der Waals surface area contributed by atoms with Gasteiger partial charge in [-0.1, -0.05) is 22.0 Å². The van der Waals surface area contributed by atoms with Crippen molar-refractivity contribution in [3.8, 4) is 5.75 Å². The van der Waals surface area contributed by atoms with Crippen LogP contribution < -0.4 is 10.1 Å². The molecule has 0 aliphatic rings. The fraction of sp³-hybridized carbons (Fsp3) is 0.188. The lowest BCUT2D eigenvalue weighted by atomic mass is 10.3. The van der Waals surface area contributed by atoms with E-state index in [-0.39, 0.29) is 5.91 Å². The van der Waals surface area contributed by atoms with Crippen molar-refractivity contribution in [2.24, 2.45) is 0 Å². The van der Waals surface area contributed by atoms with Gasteiger partial charge in [0.15, 0.2) is 6.10 Å². The van der Waals surface area contributed by atoms with Gasteiger partial charge in [-0.3, -0.25) is 4.79 Å². The lowest BCUT2D eigenvalue weighted by Crippen LogP contribution is -2.30. The van der Waals surface area contributed by atoms with Crippen molar-refractivity contribution in [1.29, 1.82) is 0 Å². The van der Waals surface area contributed by atoms with E-state index >= 15 is 0 Å². The van der Waals surface area contributed by atoms with Crippen LogP contribution in [0, 0.1) is 0 Å². The van der Waals surface area contributed by atoms with Crippen LogP contribution in [-0.4, -0.2) is 18.3 Å². The Morgan fingerprint density at radius 3 is 2.62 bits per heavy atom. The maximum atomic E-state index is 12.1. The number of thioether (sulfide) groups is 1. The first kappa shape index (κ1) is 15.9. The third-order valence-corrected chi connectivity index (χ3v) is 4.09. The molecule has 5 heteroatoms. The predicted molar refractivity (Wildman–Crippen MR) is 91.1 cm³/mol. The molecule has 0 bridgehead atoms. The number of ether oxygens (including phenoxy) is 1. The Morgan fingerprint density at radius 2 is 1.95 bits per heavy atom. The summed E-state index contributed by atoms with van der Waals surface area (Å²) in [4.78, 5) is 13.2. The second-order valence-electron chi connectivity index (χ2n) is 4.44. The van der Waals surface area contributed by atoms with E-state index in [0.29, 0.717) is 5.75 Å². The van der Waals surface area contributed by atoms with E-state index in [1.165, 1.54) is 0 Å². The molecule has 2 aromatic rings. The van der Waals surface area contributed by atoms with Crippen LogP contribution in [0.1, 0.15) is 6.92 Å². The summed E-state index contributed by atoms with van der Waals surface area (Å²) >= 11 is 5.00. The summed E-state index contributed by atoms with van der Waals surface area (Å²) in [6.45, 7) is 1.73. The fourth-order valence-corrected chi connectivity index (χ4v) is 2.44. The number of rotatable bonds is 5. The molecule has 0 aromatic heterocycles. The largest absolute Gasteiger partial charge is 0.481 e. The Hall–Kier alpha value is -1.46. The quantitative estimate of drug-likeness (QED) is 0.788. The summed E-state index contributed by atoms with van der Waals surface area (Å²) in [6.07, 6.45) is 1.43. The van der Waals surface area contributed by atoms with Gasteiger partial charge in [0.1, 0.15) is 5.75 Å². The zero-order chi connectivity index (χ0) is 15.2. The van der Waals surface area contributed by atoms with E-state index in [0.717, 1.165) is 15.1 Å². The van der Waals surface area contributed by atoms with Gasteiger partial charge < -0.3 is 10.1 Å². The molecule has 0 saturated heterocycles. The molecule has 0 fully saturated rings. The SMILES string of the molecule is CSc1cccc(NC(=O)C(C)Oc2ccc(Br)cc2)c1. The zero-order valence-corrected chi connectivity index (χ0v) is 14.2. The van der Waals surface area contributed by atoms with Gasteiger partial charge in [-0.05, 0) is 55.6 Å². The highest BCUT2D eigenvalue weighted by Gasteiger charge is 2.14. The molecule has 2 aromatic carbocycles. The number of hydrogen-bond acceptors (Lipinski definition) is 3. The minimum absolute atomic E-state index is 0.170. The van der Waals surface area contributed by atoms with Gasteiger partial charge in [0, 0.05) is 15.1 Å². The van der Waals surface area contributed by atoms with Crippen molar-refractivity contribution in [3.63, 3.8) is 0 Å². The maximum absolute atomic E-state index is 12.1. The summed E-state index contributed by atoms with van der Waals surface area (Å²) in [5.74, 6) is 0.495. The average Bonchev–Trinajstić information content (AvgIpc) is 2.49. The van der Waals surface area contributed by atoms with E-state index in [4.69, 9.17) is 4.74 Å². The topological polar surface area (TPSA) is 38.3 Å². The minimum Gasteiger partial charge on any atom is -0.481 e. The fourth-order valence-electron chi connectivity index (χ4n) is 1.72. The van der Waals surface area contributed by atoms with Crippen molar-refractivity contribution < 1.29 is 9.53 Å². The molecular weight excluding hydrogens is 350 g/mol. The number of amides is 1. The monoisotopic (exact) mass is 365 g/mol. The number of hydrogen-bond donors (Lipinski definition) is 1. The molecule has 0 aliphatic carbocycles. The Labute approximate surface area is 137 Å². The normalized spacial score (nSPS) is 11.8. The molecule has 0 heterocycles. The van der Waals surface area contributed by atoms with Crippen LogP contribution in [0.4, 0.5) is 5.69 Å². The van der Waals surface area contributed by atoms with Crippen molar-refractivity contribution in [3.05, 3.63) is 53.0 Å². The number of halogens is 1. The molecule has 110 valence electrons. The summed E-state index contributed by atoms with van der Waals surface area (Å²) in [6, 6.07) is 15.1. The van der Waals surface area contributed by atoms with Gasteiger partial charge in [-0.25, -0.2) is 0 Å². The lowest BCUT2D eigenvalue weighted by Gasteiger charge is -2.15. The number of anilines is 1. The second-order valence-corrected chi connectivity index (χ2v) is 6.23. The molecule has 21 heavy (non-hydrogen) atoms. The number of carbonyl (C=O) groups is 1. The van der Waals surface area contributed by atoms with Crippen LogP contribution in [-0.2, 0) is 4.79 Å². The highest BCUT2D eigenvalue weighted by molar-refractivity contribution is 9.10. The van der Waals surface area contributed by atoms with Crippen molar-refractivity contribution >= 4 is 39.3 Å². The molecule has 0 spiro atoms. The average molecular weight is 366 g/mol. The molecular formula is C16H16BrNO2S. The first-order valence-electron chi connectivity index (χ1n) is 6.45. The highest BCUT2D eigenvalue weighted by atomic mass is 79.9. The summed E-state index contributed by atoms with van der Waals surface area (Å²) in [7, 11) is 0. The Kier molecular flexibility index (Phi) is 5.70. The Balaban J connectivity index is 1.97. The lowest BCUT2D eigenvalue weighted by molar-refractivity contribution is -0.122. The molecule has 1 atom stereocenters. The first-order valence-corrected chi connectivity index (χ1v) is 8.47. The van der Waals surface area contributed by atoms with Crippen LogP contribution in [0.15, 0.2) is 57.9 Å². The number of benzene rings is 2. The van der Waals surface area contributed by atoms with Crippen molar-refractivity contribution in [2.75, 3.05) is 11.6 Å². The third-order valence-electron chi connectivity index (χ3n) is 2.83. The number of carbonyl (C=O) groups excluding carboxylic acids is 1. The smallest absolute Gasteiger partial charge is 0.265 e. The van der Waals surface area contributed by atoms with E-state index in [1.807, 2.05) is 54.8 Å². The van der Waals surface area contributed by atoms with Crippen LogP contribution in [0.2, 0.25) is 0 Å². The summed E-state index contributed by atoms with van der Waals surface area (Å²) in [5.41, 5.74) is 0.776. The van der Waals surface area contributed by atoms with Gasteiger partial charge in [0.2, 0.25) is 0 Å². The Morgan fingerprint density at radius 1 is 1.24 bits per heavy atom. The van der Waals surface area contributed by atoms with Crippen LogP contribution >= 0.6 is 27.7 Å². The number of nitrogens with one attached hydrogen (secondary N) is 1. The van der Waals surface area contributed by atoms with Gasteiger partial charge in [-0.2, -0.15) is 0 Å². The van der Waals surface area contributed by atoms with Crippen LogP contribution in [0.25, 0.3) is 0 Å². The Bertz CT molecular complexity index is 616. The molecule has 2 rings (SSSR count). The van der Waals surface area contributed by atoms with Gasteiger partial charge in [-0.15, -0.1) is 11.8 Å². The minimum atomic E-state index is -0.566.